The van der Waals surface area contributed by atoms with Crippen LogP contribution in [0.3, 0.4) is 0 Å². The number of ether oxygens (including phenoxy) is 1. The summed E-state index contributed by atoms with van der Waals surface area (Å²) in [6, 6.07) is 10.4. The molecule has 2 aromatic rings. The van der Waals surface area contributed by atoms with Gasteiger partial charge in [0, 0.05) is 17.0 Å². The SMILES string of the molecule is COc1c(C(=O)NCC(c2ccccc2)N(C)C)sc2c1CCC2. The third kappa shape index (κ3) is 3.32. The van der Waals surface area contributed by atoms with Crippen LogP contribution in [0.5, 0.6) is 5.75 Å². The van der Waals surface area contributed by atoms with Gasteiger partial charge in [-0.25, -0.2) is 0 Å². The molecule has 0 aliphatic heterocycles. The maximum atomic E-state index is 12.7. The largest absolute Gasteiger partial charge is 0.495 e. The Hall–Kier alpha value is -1.85. The van der Waals surface area contributed by atoms with Crippen LogP contribution >= 0.6 is 11.3 Å². The van der Waals surface area contributed by atoms with Crippen LogP contribution in [-0.2, 0) is 12.8 Å². The Labute approximate surface area is 147 Å². The molecule has 1 unspecified atom stereocenters. The molecule has 1 aliphatic rings. The van der Waals surface area contributed by atoms with Gasteiger partial charge in [-0.15, -0.1) is 11.3 Å². The topological polar surface area (TPSA) is 41.6 Å². The average molecular weight is 344 g/mol. The van der Waals surface area contributed by atoms with Crippen LogP contribution in [0.15, 0.2) is 30.3 Å². The van der Waals surface area contributed by atoms with E-state index >= 15 is 0 Å². The smallest absolute Gasteiger partial charge is 0.265 e. The van der Waals surface area contributed by atoms with Crippen molar-refractivity contribution in [1.29, 1.82) is 0 Å². The first-order chi connectivity index (χ1) is 11.6. The van der Waals surface area contributed by atoms with Crippen LogP contribution in [0.2, 0.25) is 0 Å². The van der Waals surface area contributed by atoms with E-state index in [9.17, 15) is 4.79 Å². The first kappa shape index (κ1) is 17.0. The highest BCUT2D eigenvalue weighted by atomic mass is 32.1. The van der Waals surface area contributed by atoms with Gasteiger partial charge in [0.15, 0.2) is 0 Å². The van der Waals surface area contributed by atoms with Crippen molar-refractivity contribution < 1.29 is 9.53 Å². The number of methoxy groups -OCH3 is 1. The predicted molar refractivity (Wildman–Crippen MR) is 98.1 cm³/mol. The fraction of sp³-hybridized carbons (Fsp3) is 0.421. The number of nitrogens with zero attached hydrogens (tertiary/aromatic N) is 1. The molecule has 1 aromatic carbocycles. The van der Waals surface area contributed by atoms with Crippen LogP contribution in [0.25, 0.3) is 0 Å². The number of carbonyl (C=O) groups is 1. The van der Waals surface area contributed by atoms with Gasteiger partial charge >= 0.3 is 0 Å². The van der Waals surface area contributed by atoms with Gasteiger partial charge in [-0.05, 0) is 38.9 Å². The Morgan fingerprint density at radius 1 is 1.29 bits per heavy atom. The van der Waals surface area contributed by atoms with Crippen LogP contribution in [0.4, 0.5) is 0 Å². The van der Waals surface area contributed by atoms with E-state index in [0.29, 0.717) is 11.4 Å². The number of aryl methyl sites for hydroxylation is 1. The van der Waals surface area contributed by atoms with Crippen molar-refractivity contribution in [1.82, 2.24) is 10.2 Å². The van der Waals surface area contributed by atoms with Crippen molar-refractivity contribution >= 4 is 17.2 Å². The predicted octanol–water partition coefficient (Wildman–Crippen LogP) is 3.28. The normalized spacial score (nSPS) is 14.5. The zero-order chi connectivity index (χ0) is 17.1. The highest BCUT2D eigenvalue weighted by Gasteiger charge is 2.27. The summed E-state index contributed by atoms with van der Waals surface area (Å²) in [5.41, 5.74) is 2.43. The first-order valence-corrected chi connectivity index (χ1v) is 9.11. The molecule has 1 heterocycles. The summed E-state index contributed by atoms with van der Waals surface area (Å²) >= 11 is 1.59. The molecule has 1 N–H and O–H groups in total. The second kappa shape index (κ2) is 7.36. The van der Waals surface area contributed by atoms with E-state index in [1.165, 1.54) is 16.0 Å². The van der Waals surface area contributed by atoms with Gasteiger partial charge in [-0.3, -0.25) is 4.79 Å². The lowest BCUT2D eigenvalue weighted by Crippen LogP contribution is -2.34. The van der Waals surface area contributed by atoms with Crippen LogP contribution in [-0.4, -0.2) is 38.6 Å². The molecule has 0 saturated heterocycles. The van der Waals surface area contributed by atoms with Gasteiger partial charge in [0.25, 0.3) is 5.91 Å². The Kier molecular flexibility index (Phi) is 5.21. The molecule has 0 radical (unpaired) electrons. The first-order valence-electron chi connectivity index (χ1n) is 8.30. The number of hydrogen-bond donors (Lipinski definition) is 1. The number of fused-ring (bicyclic) bond motifs is 1. The lowest BCUT2D eigenvalue weighted by atomic mass is 10.1. The monoisotopic (exact) mass is 344 g/mol. The molecule has 24 heavy (non-hydrogen) atoms. The number of carbonyl (C=O) groups excluding carboxylic acids is 1. The number of likely N-dealkylation sites (N-methyl/N-ethyl adjacent to an activating group) is 1. The molecule has 128 valence electrons. The van der Waals surface area contributed by atoms with E-state index < -0.39 is 0 Å². The van der Waals surface area contributed by atoms with Crippen molar-refractivity contribution in [3.63, 3.8) is 0 Å². The molecule has 1 aliphatic carbocycles. The van der Waals surface area contributed by atoms with Crippen LogP contribution in [0, 0.1) is 0 Å². The van der Waals surface area contributed by atoms with Crippen molar-refractivity contribution in [3.8, 4) is 5.75 Å². The zero-order valence-electron chi connectivity index (χ0n) is 14.5. The maximum Gasteiger partial charge on any atom is 0.265 e. The van der Waals surface area contributed by atoms with Crippen molar-refractivity contribution in [2.24, 2.45) is 0 Å². The second-order valence-corrected chi connectivity index (χ2v) is 7.43. The standard InChI is InChI=1S/C19H24N2O2S/c1-21(2)15(13-8-5-4-6-9-13)12-20-19(22)18-17(23-3)14-10-7-11-16(14)24-18/h4-6,8-9,15H,7,10-12H2,1-3H3,(H,20,22). The third-order valence-corrected chi connectivity index (χ3v) is 5.82. The molecule has 1 amide bonds. The van der Waals surface area contributed by atoms with E-state index in [0.717, 1.165) is 25.0 Å². The third-order valence-electron chi connectivity index (χ3n) is 4.55. The van der Waals surface area contributed by atoms with Crippen molar-refractivity contribution in [3.05, 3.63) is 51.2 Å². The van der Waals surface area contributed by atoms with E-state index in [2.05, 4.69) is 22.3 Å². The Morgan fingerprint density at radius 2 is 2.04 bits per heavy atom. The summed E-state index contributed by atoms with van der Waals surface area (Å²) in [7, 11) is 5.72. The lowest BCUT2D eigenvalue weighted by molar-refractivity contribution is 0.0943. The molecule has 0 bridgehead atoms. The minimum Gasteiger partial charge on any atom is -0.495 e. The summed E-state index contributed by atoms with van der Waals surface area (Å²) in [5, 5.41) is 3.09. The van der Waals surface area contributed by atoms with Gasteiger partial charge in [0.1, 0.15) is 10.6 Å². The highest BCUT2D eigenvalue weighted by Crippen LogP contribution is 2.40. The van der Waals surface area contributed by atoms with Gasteiger partial charge in [-0.1, -0.05) is 30.3 Å². The fourth-order valence-corrected chi connectivity index (χ4v) is 4.56. The molecule has 0 fully saturated rings. The van der Waals surface area contributed by atoms with Crippen LogP contribution in [0.1, 0.15) is 38.1 Å². The molecule has 0 saturated carbocycles. The van der Waals surface area contributed by atoms with E-state index in [1.54, 1.807) is 18.4 Å². The summed E-state index contributed by atoms with van der Waals surface area (Å²) in [6.07, 6.45) is 3.25. The van der Waals surface area contributed by atoms with Crippen molar-refractivity contribution in [2.45, 2.75) is 25.3 Å². The van der Waals surface area contributed by atoms with Gasteiger partial charge in [0.05, 0.1) is 13.2 Å². The van der Waals surface area contributed by atoms with Crippen molar-refractivity contribution in [2.75, 3.05) is 27.7 Å². The number of nitrogens with one attached hydrogen (secondary N) is 1. The maximum absolute atomic E-state index is 12.7. The Bertz CT molecular complexity index is 710. The molecule has 1 aromatic heterocycles. The van der Waals surface area contributed by atoms with Gasteiger partial charge < -0.3 is 15.0 Å². The molecular formula is C19H24N2O2S. The van der Waals surface area contributed by atoms with Gasteiger partial charge in [-0.2, -0.15) is 0 Å². The summed E-state index contributed by atoms with van der Waals surface area (Å²) < 4.78 is 5.53. The zero-order valence-corrected chi connectivity index (χ0v) is 15.3. The van der Waals surface area contributed by atoms with Gasteiger partial charge in [0.2, 0.25) is 0 Å². The summed E-state index contributed by atoms with van der Waals surface area (Å²) in [4.78, 5) is 16.8. The quantitative estimate of drug-likeness (QED) is 0.874. The van der Waals surface area contributed by atoms with E-state index in [4.69, 9.17) is 4.74 Å². The highest BCUT2D eigenvalue weighted by molar-refractivity contribution is 7.14. The molecule has 4 nitrogen and oxygen atoms in total. The van der Waals surface area contributed by atoms with E-state index in [1.807, 2.05) is 32.3 Å². The average Bonchev–Trinajstić information content (AvgIpc) is 3.16. The Balaban J connectivity index is 1.73. The lowest BCUT2D eigenvalue weighted by Gasteiger charge is -2.25. The Morgan fingerprint density at radius 3 is 2.71 bits per heavy atom. The molecular weight excluding hydrogens is 320 g/mol. The number of amides is 1. The molecule has 0 spiro atoms. The van der Waals surface area contributed by atoms with E-state index in [-0.39, 0.29) is 11.9 Å². The number of thiophene rings is 1. The molecule has 5 heteroatoms. The second-order valence-electron chi connectivity index (χ2n) is 6.32. The summed E-state index contributed by atoms with van der Waals surface area (Å²) in [5.74, 6) is 0.750. The molecule has 3 rings (SSSR count). The minimum absolute atomic E-state index is 0.0333. The number of benzene rings is 1. The number of rotatable bonds is 6. The minimum atomic E-state index is -0.0333. The number of hydrogen-bond acceptors (Lipinski definition) is 4. The fourth-order valence-electron chi connectivity index (χ4n) is 3.28. The molecule has 1 atom stereocenters. The van der Waals surface area contributed by atoms with Crippen LogP contribution < -0.4 is 10.1 Å². The summed E-state index contributed by atoms with van der Waals surface area (Å²) in [6.45, 7) is 0.571.